The predicted octanol–water partition coefficient (Wildman–Crippen LogP) is 8.05. The highest BCUT2D eigenvalue weighted by Gasteiger charge is 2.39. The number of ether oxygens (including phenoxy) is 3. The Bertz CT molecular complexity index is 2670. The quantitative estimate of drug-likeness (QED) is 0.0936. The molecule has 14 heteroatoms. The van der Waals surface area contributed by atoms with E-state index in [1.54, 1.807) is 20.4 Å². The summed E-state index contributed by atoms with van der Waals surface area (Å²) in [5, 5.41) is 5.86. The van der Waals surface area contributed by atoms with Gasteiger partial charge in [0.05, 0.1) is 50.3 Å². The van der Waals surface area contributed by atoms with Crippen molar-refractivity contribution in [2.24, 2.45) is 27.2 Å². The van der Waals surface area contributed by atoms with Crippen molar-refractivity contribution in [3.63, 3.8) is 0 Å². The number of hydrogen-bond donors (Lipinski definition) is 2. The molecule has 3 aliphatic rings. The molecule has 0 saturated carbocycles. The summed E-state index contributed by atoms with van der Waals surface area (Å²) in [6.07, 6.45) is 6.60. The molecule has 4 atom stereocenters. The Morgan fingerprint density at radius 2 is 1.84 bits per heavy atom. The lowest BCUT2D eigenvalue weighted by molar-refractivity contribution is -0.155. The number of fused-ring (bicyclic) bond motifs is 6. The highest BCUT2D eigenvalue weighted by molar-refractivity contribution is 5.95. The lowest BCUT2D eigenvalue weighted by Gasteiger charge is -2.36. The zero-order valence-electron chi connectivity index (χ0n) is 40.6. The van der Waals surface area contributed by atoms with Crippen molar-refractivity contribution in [2.75, 3.05) is 47.0 Å². The molecule has 5 heterocycles. The molecule has 2 amide bonds. The van der Waals surface area contributed by atoms with Crippen LogP contribution in [0.4, 0.5) is 5.69 Å². The van der Waals surface area contributed by atoms with Crippen molar-refractivity contribution >= 4 is 40.4 Å². The van der Waals surface area contributed by atoms with Crippen LogP contribution in [0.5, 0.6) is 5.75 Å². The van der Waals surface area contributed by atoms with Crippen LogP contribution >= 0.6 is 0 Å². The van der Waals surface area contributed by atoms with Gasteiger partial charge in [-0.3, -0.25) is 29.3 Å². The van der Waals surface area contributed by atoms with E-state index < -0.39 is 29.5 Å². The maximum atomic E-state index is 14.8. The number of nitrogens with zero attached hydrogens (tertiary/aromatic N) is 6. The van der Waals surface area contributed by atoms with E-state index in [2.05, 4.69) is 92.3 Å². The van der Waals surface area contributed by atoms with Crippen LogP contribution in [-0.2, 0) is 49.9 Å². The van der Waals surface area contributed by atoms with Gasteiger partial charge in [-0.2, -0.15) is 4.99 Å². The molecule has 2 N–H and O–H groups in total. The summed E-state index contributed by atoms with van der Waals surface area (Å²) in [6.45, 7) is 14.2. The average Bonchev–Trinajstić information content (AvgIpc) is 3.93. The Morgan fingerprint density at radius 3 is 2.60 bits per heavy atom. The number of nitrogens with one attached hydrogen (secondary N) is 2. The summed E-state index contributed by atoms with van der Waals surface area (Å²) in [4.78, 5) is 59.0. The van der Waals surface area contributed by atoms with E-state index in [1.165, 1.54) is 5.01 Å². The summed E-state index contributed by atoms with van der Waals surface area (Å²) in [7, 11) is 3.33. The van der Waals surface area contributed by atoms with Gasteiger partial charge >= 0.3 is 5.97 Å². The lowest BCUT2D eigenvalue weighted by Crippen LogP contribution is -2.62. The largest absolute Gasteiger partial charge is 0.497 e. The van der Waals surface area contributed by atoms with Crippen molar-refractivity contribution in [2.45, 2.75) is 98.0 Å². The summed E-state index contributed by atoms with van der Waals surface area (Å²) < 4.78 is 19.4. The number of hydrogen-bond acceptors (Lipinski definition) is 11. The zero-order chi connectivity index (χ0) is 48.0. The van der Waals surface area contributed by atoms with E-state index in [0.29, 0.717) is 45.5 Å². The van der Waals surface area contributed by atoms with Crippen LogP contribution in [0.3, 0.4) is 0 Å². The minimum absolute atomic E-state index is 0.0318. The van der Waals surface area contributed by atoms with Gasteiger partial charge in [0.1, 0.15) is 17.8 Å². The number of pyridine rings is 1. The van der Waals surface area contributed by atoms with Crippen LogP contribution in [-0.4, -0.2) is 108 Å². The summed E-state index contributed by atoms with van der Waals surface area (Å²) in [5.74, 6) is 0.0584. The maximum absolute atomic E-state index is 14.8. The van der Waals surface area contributed by atoms with Gasteiger partial charge in [0.2, 0.25) is 5.91 Å². The molecule has 14 nitrogen and oxygen atoms in total. The number of aromatic nitrogens is 2. The molecule has 0 spiro atoms. The Balaban J connectivity index is 1.11. The van der Waals surface area contributed by atoms with Crippen molar-refractivity contribution < 1.29 is 28.6 Å². The summed E-state index contributed by atoms with van der Waals surface area (Å²) in [5.41, 5.74) is 11.8. The standard InChI is InChI=1S/C54H66N8O6/c1-8-61-48-19-14-39-27-43(48)44(50(61)45-30-55-22-20-40(45)32-66-6)28-54(4,5)33-68-53(65)46-13-10-23-62(59-46)52(64)47(26-36-11-9-12-38(39)25-36)58-51(63)49(35(2)3)60-24-21-37(31-60)29-56-34-57-41-15-17-42(67-7)18-16-41/h9,11-12,14-20,22,25,27,30,35,37,46-47,49,59H,8,10,13,21,23-24,26,28-29,31-33H2,1-7H3,(H,58,63)/t37-,46+,47+,49+/m1/s1. The minimum Gasteiger partial charge on any atom is -0.497 e. The van der Waals surface area contributed by atoms with E-state index in [1.807, 2.05) is 62.5 Å². The molecule has 6 bridgehead atoms. The summed E-state index contributed by atoms with van der Waals surface area (Å²) >= 11 is 0. The predicted molar refractivity (Wildman–Crippen MR) is 265 cm³/mol. The molecule has 0 aliphatic carbocycles. The number of esters is 1. The maximum Gasteiger partial charge on any atom is 0.324 e. The zero-order valence-corrected chi connectivity index (χ0v) is 40.6. The van der Waals surface area contributed by atoms with Crippen molar-refractivity contribution in [1.82, 2.24) is 30.2 Å². The summed E-state index contributed by atoms with van der Waals surface area (Å²) in [6, 6.07) is 25.0. The van der Waals surface area contributed by atoms with Crippen molar-refractivity contribution in [1.29, 1.82) is 0 Å². The third-order valence-electron chi connectivity index (χ3n) is 13.5. The number of benzene rings is 3. The first-order valence-electron chi connectivity index (χ1n) is 24.1. The molecule has 0 radical (unpaired) electrons. The van der Waals surface area contributed by atoms with Crippen molar-refractivity contribution in [3.05, 3.63) is 102 Å². The topological polar surface area (TPSA) is 152 Å². The van der Waals surface area contributed by atoms with Gasteiger partial charge < -0.3 is 24.1 Å². The van der Waals surface area contributed by atoms with Gasteiger partial charge in [-0.05, 0) is 121 Å². The fourth-order valence-corrected chi connectivity index (χ4v) is 10.2. The van der Waals surface area contributed by atoms with Gasteiger partial charge in [-0.25, -0.2) is 10.4 Å². The van der Waals surface area contributed by atoms with Crippen LogP contribution in [0.1, 0.15) is 70.6 Å². The second-order valence-corrected chi connectivity index (χ2v) is 19.6. The normalized spacial score (nSPS) is 20.4. The molecule has 68 heavy (non-hydrogen) atoms. The number of cyclic esters (lactones) is 1. The Kier molecular flexibility index (Phi) is 15.2. The van der Waals surface area contributed by atoms with Crippen LogP contribution in [0.15, 0.2) is 95.2 Å². The molecule has 3 aliphatic heterocycles. The van der Waals surface area contributed by atoms with E-state index in [-0.39, 0.29) is 36.7 Å². The van der Waals surface area contributed by atoms with Gasteiger partial charge in [0, 0.05) is 67.4 Å². The average molecular weight is 923 g/mol. The number of aryl methyl sites for hydroxylation is 1. The van der Waals surface area contributed by atoms with Gasteiger partial charge in [-0.1, -0.05) is 58.0 Å². The Labute approximate surface area is 400 Å². The molecule has 0 unspecified atom stereocenters. The third-order valence-corrected chi connectivity index (χ3v) is 13.5. The number of methoxy groups -OCH3 is 2. The number of carbonyl (C=O) groups excluding carboxylic acids is 3. The molecule has 5 aromatic rings. The van der Waals surface area contributed by atoms with E-state index in [0.717, 1.165) is 80.9 Å². The van der Waals surface area contributed by atoms with Gasteiger partial charge in [0.25, 0.3) is 5.91 Å². The van der Waals surface area contributed by atoms with Crippen LogP contribution in [0.25, 0.3) is 33.3 Å². The lowest BCUT2D eigenvalue weighted by atomic mass is 9.84. The number of rotatable bonds is 12. The number of likely N-dealkylation sites (tertiary alicyclic amines) is 1. The number of carbonyl (C=O) groups is 3. The highest BCUT2D eigenvalue weighted by atomic mass is 16.5. The first-order chi connectivity index (χ1) is 32.9. The second-order valence-electron chi connectivity index (χ2n) is 19.6. The monoisotopic (exact) mass is 923 g/mol. The Morgan fingerprint density at radius 1 is 1.03 bits per heavy atom. The molecule has 2 aromatic heterocycles. The molecule has 3 aromatic carbocycles. The third kappa shape index (κ3) is 10.9. The number of hydrazine groups is 1. The first-order valence-corrected chi connectivity index (χ1v) is 24.1. The van der Waals surface area contributed by atoms with Gasteiger partial charge in [0.15, 0.2) is 0 Å². The molecular weight excluding hydrogens is 857 g/mol. The molecule has 2 saturated heterocycles. The molecule has 2 fully saturated rings. The van der Waals surface area contributed by atoms with Crippen LogP contribution in [0, 0.1) is 17.3 Å². The molecule has 358 valence electrons. The fraction of sp³-hybridized carbons (Fsp3) is 0.463. The van der Waals surface area contributed by atoms with Crippen LogP contribution in [0.2, 0.25) is 0 Å². The van der Waals surface area contributed by atoms with E-state index in [4.69, 9.17) is 14.2 Å². The molecular formula is C54H66N8O6. The van der Waals surface area contributed by atoms with Crippen LogP contribution < -0.4 is 15.5 Å². The smallest absolute Gasteiger partial charge is 0.324 e. The first kappa shape index (κ1) is 48.3. The Hall–Kier alpha value is -6.18. The minimum atomic E-state index is -0.910. The van der Waals surface area contributed by atoms with Gasteiger partial charge in [-0.15, -0.1) is 0 Å². The second kappa shape index (κ2) is 21.4. The van der Waals surface area contributed by atoms with Crippen molar-refractivity contribution in [3.8, 4) is 28.1 Å². The van der Waals surface area contributed by atoms with E-state index >= 15 is 0 Å². The SMILES string of the molecule is CCn1c(-c2cnccc2COC)c2c3cc(ccc31)-c1cccc(c1)C[C@H](NC(=O)[C@H](C(C)C)N1CC[C@H](CN=C=Nc3ccc(OC)cc3)C1)C(=O)N1CCC[C@H](N1)C(=O)OCC(C)(C)C2. The molecule has 8 rings (SSSR count). The number of aliphatic imine (C=N–C) groups is 2. The van der Waals surface area contributed by atoms with E-state index in [9.17, 15) is 14.4 Å². The fourth-order valence-electron chi connectivity index (χ4n) is 10.2. The number of amides is 2. The highest BCUT2D eigenvalue weighted by Crippen LogP contribution is 2.41.